The van der Waals surface area contributed by atoms with E-state index in [0.717, 1.165) is 15.9 Å². The van der Waals surface area contributed by atoms with Crippen molar-refractivity contribution in [1.82, 2.24) is 0 Å². The Morgan fingerprint density at radius 1 is 0.565 bits per heavy atom. The Kier molecular flexibility index (Phi) is 5.01. The van der Waals surface area contributed by atoms with E-state index in [1.807, 2.05) is 91.0 Å². The van der Waals surface area contributed by atoms with Crippen LogP contribution in [0.25, 0.3) is 0 Å². The summed E-state index contributed by atoms with van der Waals surface area (Å²) in [6.45, 7) is 0. The van der Waals surface area contributed by atoms with E-state index in [9.17, 15) is 0 Å². The molecule has 3 aromatic carbocycles. The molecular formula is C19H15Br2FP+. The summed E-state index contributed by atoms with van der Waals surface area (Å²) in [4.78, 5) is 0. The first-order chi connectivity index (χ1) is 11.1. The van der Waals surface area contributed by atoms with E-state index in [1.54, 1.807) is 0 Å². The van der Waals surface area contributed by atoms with E-state index in [2.05, 4.69) is 31.9 Å². The van der Waals surface area contributed by atoms with E-state index >= 15 is 4.39 Å². The Hall–Kier alpha value is -1.02. The fourth-order valence-electron chi connectivity index (χ4n) is 2.84. The molecule has 0 aliphatic rings. The Balaban J connectivity index is 2.41. The lowest BCUT2D eigenvalue weighted by Crippen LogP contribution is -2.39. The summed E-state index contributed by atoms with van der Waals surface area (Å²) >= 11 is 6.62. The highest BCUT2D eigenvalue weighted by Gasteiger charge is 2.62. The van der Waals surface area contributed by atoms with Crippen molar-refractivity contribution in [1.29, 1.82) is 0 Å². The standard InChI is InChI=1S/C19H15Br2FP/c20-19(21,22)23(16-10-4-1-5-11-16,17-12-6-2-7-13-17)18-14-8-3-9-15-18/h1-15H/q+1. The van der Waals surface area contributed by atoms with Crippen LogP contribution < -0.4 is 15.9 Å². The van der Waals surface area contributed by atoms with E-state index in [0.29, 0.717) is 0 Å². The zero-order valence-electron chi connectivity index (χ0n) is 12.2. The number of rotatable bonds is 4. The first-order valence-corrected chi connectivity index (χ1v) is 10.6. The highest BCUT2D eigenvalue weighted by molar-refractivity contribution is 9.27. The van der Waals surface area contributed by atoms with Gasteiger partial charge in [0.25, 0.3) is 0 Å². The van der Waals surface area contributed by atoms with E-state index in [4.69, 9.17) is 0 Å². The average molecular weight is 453 g/mol. The highest BCUT2D eigenvalue weighted by atomic mass is 79.9. The number of benzene rings is 3. The molecule has 0 aliphatic carbocycles. The largest absolute Gasteiger partial charge is 0.335 e. The van der Waals surface area contributed by atoms with Crippen LogP contribution in [0, 0.1) is 0 Å². The van der Waals surface area contributed by atoms with Crippen LogP contribution in [-0.2, 0) is 0 Å². The van der Waals surface area contributed by atoms with Gasteiger partial charge in [0.2, 0.25) is 0 Å². The average Bonchev–Trinajstić information content (AvgIpc) is 2.57. The second kappa shape index (κ2) is 6.84. The molecule has 0 fully saturated rings. The fraction of sp³-hybridized carbons (Fsp3) is 0.0526. The molecule has 4 heteroatoms. The Morgan fingerprint density at radius 2 is 0.826 bits per heavy atom. The predicted octanol–water partition coefficient (Wildman–Crippen LogP) is 5.35. The van der Waals surface area contributed by atoms with Gasteiger partial charge in [-0.05, 0) is 36.4 Å². The van der Waals surface area contributed by atoms with Crippen LogP contribution in [0.1, 0.15) is 0 Å². The van der Waals surface area contributed by atoms with E-state index < -0.39 is 10.5 Å². The van der Waals surface area contributed by atoms with Gasteiger partial charge in [0.05, 0.1) is 0 Å². The minimum absolute atomic E-state index is 0.980. The lowest BCUT2D eigenvalue weighted by molar-refractivity contribution is 0.542. The topological polar surface area (TPSA) is 0 Å². The summed E-state index contributed by atoms with van der Waals surface area (Å²) in [6.07, 6.45) is 0. The van der Waals surface area contributed by atoms with Gasteiger partial charge in [-0.3, -0.25) is 0 Å². The van der Waals surface area contributed by atoms with Crippen LogP contribution in [0.3, 0.4) is 0 Å². The van der Waals surface area contributed by atoms with Crippen LogP contribution >= 0.6 is 39.1 Å². The number of alkyl halides is 3. The molecule has 0 unspecified atom stereocenters. The molecule has 0 atom stereocenters. The minimum atomic E-state index is -2.57. The lowest BCUT2D eigenvalue weighted by atomic mass is 10.4. The van der Waals surface area contributed by atoms with E-state index in [1.165, 1.54) is 0 Å². The SMILES string of the molecule is FC(Br)(Br)[P+](c1ccccc1)(c1ccccc1)c1ccccc1. The maximum atomic E-state index is 15.6. The van der Waals surface area contributed by atoms with Crippen LogP contribution in [0.15, 0.2) is 91.0 Å². The number of hydrogen-bond donors (Lipinski definition) is 0. The van der Waals surface area contributed by atoms with E-state index in [-0.39, 0.29) is 0 Å². The van der Waals surface area contributed by atoms with Gasteiger partial charge in [-0.1, -0.05) is 54.6 Å². The van der Waals surface area contributed by atoms with Crippen molar-refractivity contribution in [3.05, 3.63) is 91.0 Å². The van der Waals surface area contributed by atoms with Crippen molar-refractivity contribution in [2.45, 2.75) is 3.23 Å². The smallest absolute Gasteiger partial charge is 0.176 e. The molecule has 0 bridgehead atoms. The molecule has 3 aromatic rings. The molecule has 0 N–H and O–H groups in total. The predicted molar refractivity (Wildman–Crippen MR) is 107 cm³/mol. The maximum Gasteiger partial charge on any atom is 0.335 e. The minimum Gasteiger partial charge on any atom is -0.176 e. The second-order valence-electron chi connectivity index (χ2n) is 5.15. The summed E-state index contributed by atoms with van der Waals surface area (Å²) in [5.74, 6) is 0. The molecular weight excluding hydrogens is 438 g/mol. The lowest BCUT2D eigenvalue weighted by Gasteiger charge is -2.32. The zero-order valence-corrected chi connectivity index (χ0v) is 16.3. The Labute approximate surface area is 153 Å². The van der Waals surface area contributed by atoms with Crippen molar-refractivity contribution >= 4 is 55.0 Å². The molecule has 3 rings (SSSR count). The number of halogens is 3. The molecule has 0 heterocycles. The third-order valence-corrected chi connectivity index (χ3v) is 11.0. The summed E-state index contributed by atoms with van der Waals surface area (Å²) in [5.41, 5.74) is 0. The van der Waals surface area contributed by atoms with Crippen molar-refractivity contribution in [2.24, 2.45) is 0 Å². The van der Waals surface area contributed by atoms with Gasteiger partial charge in [0.15, 0.2) is 7.26 Å². The first kappa shape index (κ1) is 16.8. The van der Waals surface area contributed by atoms with Crippen LogP contribution in [-0.4, -0.2) is 3.23 Å². The third-order valence-electron chi connectivity index (χ3n) is 3.81. The van der Waals surface area contributed by atoms with Gasteiger partial charge in [-0.15, -0.1) is 0 Å². The van der Waals surface area contributed by atoms with Crippen LogP contribution in [0.2, 0.25) is 0 Å². The molecule has 0 saturated heterocycles. The maximum absolute atomic E-state index is 15.6. The van der Waals surface area contributed by atoms with Crippen LogP contribution in [0.5, 0.6) is 0 Å². The normalized spacial score (nSPS) is 12.1. The molecule has 0 aliphatic heterocycles. The van der Waals surface area contributed by atoms with Crippen molar-refractivity contribution in [2.75, 3.05) is 0 Å². The molecule has 23 heavy (non-hydrogen) atoms. The first-order valence-electron chi connectivity index (χ1n) is 7.19. The van der Waals surface area contributed by atoms with Gasteiger partial charge in [-0.2, -0.15) is 4.39 Å². The van der Waals surface area contributed by atoms with Gasteiger partial charge < -0.3 is 0 Å². The van der Waals surface area contributed by atoms with Gasteiger partial charge >= 0.3 is 3.23 Å². The monoisotopic (exact) mass is 451 g/mol. The highest BCUT2D eigenvalue weighted by Crippen LogP contribution is 2.71. The summed E-state index contributed by atoms with van der Waals surface area (Å²) < 4.78 is 13.9. The van der Waals surface area contributed by atoms with Gasteiger partial charge in [0, 0.05) is 31.9 Å². The summed E-state index contributed by atoms with van der Waals surface area (Å²) in [5, 5.41) is 2.94. The fourth-order valence-corrected chi connectivity index (χ4v) is 10.2. The van der Waals surface area contributed by atoms with Crippen molar-refractivity contribution in [3.8, 4) is 0 Å². The molecule has 0 aromatic heterocycles. The molecule has 0 saturated carbocycles. The van der Waals surface area contributed by atoms with Crippen molar-refractivity contribution in [3.63, 3.8) is 0 Å². The van der Waals surface area contributed by atoms with Gasteiger partial charge in [0.1, 0.15) is 15.9 Å². The number of hydrogen-bond acceptors (Lipinski definition) is 0. The van der Waals surface area contributed by atoms with Crippen LogP contribution in [0.4, 0.5) is 4.39 Å². The third kappa shape index (κ3) is 3.03. The quantitative estimate of drug-likeness (QED) is 0.369. The molecule has 0 amide bonds. The Morgan fingerprint density at radius 3 is 1.04 bits per heavy atom. The van der Waals surface area contributed by atoms with Crippen molar-refractivity contribution < 1.29 is 4.39 Å². The molecule has 116 valence electrons. The molecule has 0 nitrogen and oxygen atoms in total. The zero-order chi connectivity index (χ0) is 16.3. The van der Waals surface area contributed by atoms with Gasteiger partial charge in [-0.25, -0.2) is 0 Å². The molecule has 0 radical (unpaired) electrons. The summed E-state index contributed by atoms with van der Waals surface area (Å²) in [6, 6.07) is 29.7. The Bertz CT molecular complexity index is 659. The summed E-state index contributed by atoms with van der Waals surface area (Å²) in [7, 11) is -2.57. The molecule has 0 spiro atoms. The second-order valence-corrected chi connectivity index (χ2v) is 13.1.